The van der Waals surface area contributed by atoms with Crippen LogP contribution in [-0.2, 0) is 26.2 Å². The molecule has 24 heavy (non-hydrogen) atoms. The number of aliphatic carboxylic acids is 1. The zero-order chi connectivity index (χ0) is 17.9. The van der Waals surface area contributed by atoms with E-state index in [0.717, 1.165) is 0 Å². The topological polar surface area (TPSA) is 93.1 Å². The largest absolute Gasteiger partial charge is 0.495 e. The van der Waals surface area contributed by atoms with Crippen molar-refractivity contribution in [1.29, 1.82) is 0 Å². The fraction of sp³-hybridized carbons (Fsp3) is 0.562. The first-order valence-corrected chi connectivity index (χ1v) is 9.17. The van der Waals surface area contributed by atoms with Crippen molar-refractivity contribution < 1.29 is 27.8 Å². The molecule has 0 bridgehead atoms. The van der Waals surface area contributed by atoms with Crippen LogP contribution in [0.3, 0.4) is 0 Å². The summed E-state index contributed by atoms with van der Waals surface area (Å²) in [5, 5.41) is 9.31. The van der Waals surface area contributed by atoms with Crippen LogP contribution in [-0.4, -0.2) is 50.6 Å². The number of rotatable bonds is 6. The van der Waals surface area contributed by atoms with E-state index in [0.29, 0.717) is 24.9 Å². The lowest BCUT2D eigenvalue weighted by Gasteiger charge is -2.36. The molecule has 1 heterocycles. The lowest BCUT2D eigenvalue weighted by molar-refractivity contribution is -0.144. The van der Waals surface area contributed by atoms with Crippen LogP contribution in [0.5, 0.6) is 5.75 Å². The second kappa shape index (κ2) is 7.50. The van der Waals surface area contributed by atoms with Gasteiger partial charge in [0.15, 0.2) is 0 Å². The van der Waals surface area contributed by atoms with Crippen molar-refractivity contribution in [3.05, 3.63) is 23.8 Å². The number of benzene rings is 1. The summed E-state index contributed by atoms with van der Waals surface area (Å²) in [6, 6.07) is 4.23. The highest BCUT2D eigenvalue weighted by Crippen LogP contribution is 2.33. The molecule has 0 radical (unpaired) electrons. The minimum Gasteiger partial charge on any atom is -0.495 e. The molecule has 2 atom stereocenters. The zero-order valence-electron chi connectivity index (χ0n) is 14.1. The van der Waals surface area contributed by atoms with E-state index in [1.807, 2.05) is 0 Å². The maximum atomic E-state index is 13.1. The van der Waals surface area contributed by atoms with Gasteiger partial charge in [0.05, 0.1) is 19.6 Å². The number of hydrogen-bond donors (Lipinski definition) is 1. The van der Waals surface area contributed by atoms with E-state index < -0.39 is 28.0 Å². The summed E-state index contributed by atoms with van der Waals surface area (Å²) in [6.45, 7) is 2.21. The van der Waals surface area contributed by atoms with Crippen molar-refractivity contribution in [2.45, 2.75) is 37.3 Å². The average molecular weight is 357 g/mol. The predicted molar refractivity (Wildman–Crippen MR) is 87.4 cm³/mol. The Morgan fingerprint density at radius 3 is 2.67 bits per heavy atom. The number of nitrogens with zero attached hydrogens (tertiary/aromatic N) is 1. The van der Waals surface area contributed by atoms with Gasteiger partial charge in [-0.15, -0.1) is 0 Å². The molecule has 1 fully saturated rings. The molecule has 0 saturated carbocycles. The summed E-state index contributed by atoms with van der Waals surface area (Å²) in [5.74, 6) is -1.44. The highest BCUT2D eigenvalue weighted by molar-refractivity contribution is 7.89. The number of carboxylic acid groups (broad SMARTS) is 1. The number of ether oxygens (including phenoxy) is 2. The number of sulfonamides is 1. The third-order valence-corrected chi connectivity index (χ3v) is 6.38. The van der Waals surface area contributed by atoms with Gasteiger partial charge in [-0.1, -0.05) is 6.07 Å². The molecular weight excluding hydrogens is 334 g/mol. The van der Waals surface area contributed by atoms with Gasteiger partial charge in [0, 0.05) is 19.7 Å². The van der Waals surface area contributed by atoms with Gasteiger partial charge in [-0.25, -0.2) is 8.42 Å². The predicted octanol–water partition coefficient (Wildman–Crippen LogP) is 1.72. The molecule has 7 nitrogen and oxygen atoms in total. The standard InChI is InChI=1S/C16H23NO6S/c1-11-13(16(18)19)5-4-8-17(11)24(20,21)15-9-12(10-22-2)6-7-14(15)23-3/h6-7,9,11,13H,4-5,8,10H2,1-3H3,(H,18,19)/t11-,13-/m0/s1. The molecule has 0 aliphatic carbocycles. The third kappa shape index (κ3) is 3.55. The number of methoxy groups -OCH3 is 2. The number of carboxylic acids is 1. The van der Waals surface area contributed by atoms with Crippen LogP contribution in [0.15, 0.2) is 23.1 Å². The molecule has 1 aromatic rings. The summed E-state index contributed by atoms with van der Waals surface area (Å²) in [6.07, 6.45) is 0.990. The van der Waals surface area contributed by atoms with Crippen LogP contribution < -0.4 is 4.74 Å². The molecule has 134 valence electrons. The van der Waals surface area contributed by atoms with E-state index in [2.05, 4.69) is 0 Å². The van der Waals surface area contributed by atoms with Crippen LogP contribution in [0.1, 0.15) is 25.3 Å². The first kappa shape index (κ1) is 18.7. The molecule has 2 rings (SSSR count). The summed E-state index contributed by atoms with van der Waals surface area (Å²) in [5.41, 5.74) is 0.705. The first-order chi connectivity index (χ1) is 11.3. The Morgan fingerprint density at radius 1 is 1.38 bits per heavy atom. The molecule has 1 saturated heterocycles. The van der Waals surface area contributed by atoms with Crippen molar-refractivity contribution in [2.24, 2.45) is 5.92 Å². The molecule has 0 amide bonds. The smallest absolute Gasteiger partial charge is 0.308 e. The number of carbonyl (C=O) groups is 1. The Kier molecular flexibility index (Phi) is 5.84. The highest BCUT2D eigenvalue weighted by atomic mass is 32.2. The SMILES string of the molecule is COCc1ccc(OC)c(S(=O)(=O)N2CCC[C@H](C(=O)O)[C@@H]2C)c1. The fourth-order valence-electron chi connectivity index (χ4n) is 3.09. The third-order valence-electron chi connectivity index (χ3n) is 4.37. The molecule has 0 spiro atoms. The van der Waals surface area contributed by atoms with Gasteiger partial charge >= 0.3 is 5.97 Å². The minimum absolute atomic E-state index is 0.0393. The second-order valence-corrected chi connectivity index (χ2v) is 7.72. The molecule has 0 unspecified atom stereocenters. The van der Waals surface area contributed by atoms with Crippen molar-refractivity contribution >= 4 is 16.0 Å². The average Bonchev–Trinajstić information content (AvgIpc) is 2.54. The Balaban J connectivity index is 2.45. The van der Waals surface area contributed by atoms with Gasteiger partial charge in [0.25, 0.3) is 0 Å². The van der Waals surface area contributed by atoms with Gasteiger partial charge in [-0.2, -0.15) is 4.31 Å². The molecular formula is C16H23NO6S. The quantitative estimate of drug-likeness (QED) is 0.833. The van der Waals surface area contributed by atoms with Crippen LogP contribution >= 0.6 is 0 Å². The normalized spacial score (nSPS) is 22.3. The summed E-state index contributed by atoms with van der Waals surface area (Å²) >= 11 is 0. The highest BCUT2D eigenvalue weighted by Gasteiger charge is 2.40. The van der Waals surface area contributed by atoms with Gasteiger partial charge in [0.1, 0.15) is 10.6 Å². The van der Waals surface area contributed by atoms with Crippen molar-refractivity contribution in [3.8, 4) is 5.75 Å². The van der Waals surface area contributed by atoms with E-state index in [1.165, 1.54) is 24.6 Å². The van der Waals surface area contributed by atoms with Crippen LogP contribution in [0.25, 0.3) is 0 Å². The van der Waals surface area contributed by atoms with E-state index in [9.17, 15) is 18.3 Å². The van der Waals surface area contributed by atoms with E-state index >= 15 is 0 Å². The Bertz CT molecular complexity index is 703. The summed E-state index contributed by atoms with van der Waals surface area (Å²) in [7, 11) is -0.935. The fourth-order valence-corrected chi connectivity index (χ4v) is 5.00. The maximum Gasteiger partial charge on any atom is 0.308 e. The van der Waals surface area contributed by atoms with Gasteiger partial charge in [0.2, 0.25) is 10.0 Å². The molecule has 1 N–H and O–H groups in total. The maximum absolute atomic E-state index is 13.1. The van der Waals surface area contributed by atoms with Gasteiger partial charge < -0.3 is 14.6 Å². The van der Waals surface area contributed by atoms with Crippen LogP contribution in [0.4, 0.5) is 0 Å². The van der Waals surface area contributed by atoms with E-state index in [-0.39, 0.29) is 17.3 Å². The van der Waals surface area contributed by atoms with Crippen molar-refractivity contribution in [2.75, 3.05) is 20.8 Å². The first-order valence-electron chi connectivity index (χ1n) is 7.73. The number of hydrogen-bond acceptors (Lipinski definition) is 5. The molecule has 1 aliphatic heterocycles. The minimum atomic E-state index is -3.87. The van der Waals surface area contributed by atoms with Crippen molar-refractivity contribution in [3.63, 3.8) is 0 Å². The lowest BCUT2D eigenvalue weighted by atomic mass is 9.92. The second-order valence-electron chi connectivity index (χ2n) is 5.86. The molecule has 8 heteroatoms. The Labute approximate surface area is 142 Å². The molecule has 1 aromatic carbocycles. The van der Waals surface area contributed by atoms with Crippen molar-refractivity contribution in [1.82, 2.24) is 4.31 Å². The van der Waals surface area contributed by atoms with Crippen LogP contribution in [0.2, 0.25) is 0 Å². The van der Waals surface area contributed by atoms with Crippen LogP contribution in [0, 0.1) is 5.92 Å². The molecule has 1 aliphatic rings. The Hall–Kier alpha value is -1.64. The summed E-state index contributed by atoms with van der Waals surface area (Å²) in [4.78, 5) is 11.4. The van der Waals surface area contributed by atoms with Gasteiger partial charge in [-0.05, 0) is 37.5 Å². The van der Waals surface area contributed by atoms with E-state index in [1.54, 1.807) is 19.1 Å². The van der Waals surface area contributed by atoms with E-state index in [4.69, 9.17) is 9.47 Å². The zero-order valence-corrected chi connectivity index (χ0v) is 14.9. The summed E-state index contributed by atoms with van der Waals surface area (Å²) < 4.78 is 37.8. The monoisotopic (exact) mass is 357 g/mol. The molecule has 0 aromatic heterocycles. The number of piperidine rings is 1. The van der Waals surface area contributed by atoms with Gasteiger partial charge in [-0.3, -0.25) is 4.79 Å². The lowest BCUT2D eigenvalue weighted by Crippen LogP contribution is -2.49. The Morgan fingerprint density at radius 2 is 2.08 bits per heavy atom.